The summed E-state index contributed by atoms with van der Waals surface area (Å²) < 4.78 is 29.6. The van der Waals surface area contributed by atoms with Crippen molar-refractivity contribution >= 4 is 15.9 Å². The number of carbonyl (C=O) groups excluding carboxylic acids is 1. The summed E-state index contributed by atoms with van der Waals surface area (Å²) in [5.74, 6) is 0.302. The summed E-state index contributed by atoms with van der Waals surface area (Å²) in [6, 6.07) is 0. The highest BCUT2D eigenvalue weighted by Crippen LogP contribution is 2.64. The fraction of sp³-hybridized carbons (Fsp3) is 0.929. The Bertz CT molecular complexity index is 480. The molecule has 0 heterocycles. The van der Waals surface area contributed by atoms with Crippen molar-refractivity contribution in [2.75, 3.05) is 5.75 Å². The highest BCUT2D eigenvalue weighted by atomic mass is 32.2. The largest absolute Gasteiger partial charge is 0.299 e. The maximum Gasteiger partial charge on any atom is 0.268 e. The minimum atomic E-state index is -3.64. The molecule has 0 aliphatic heterocycles. The van der Waals surface area contributed by atoms with Crippen molar-refractivity contribution in [1.29, 1.82) is 0 Å². The van der Waals surface area contributed by atoms with E-state index in [1.54, 1.807) is 6.92 Å². The van der Waals surface area contributed by atoms with Crippen molar-refractivity contribution in [3.8, 4) is 0 Å². The van der Waals surface area contributed by atoms with Gasteiger partial charge in [0.15, 0.2) is 0 Å². The topological polar surface area (TPSA) is 60.4 Å². The van der Waals surface area contributed by atoms with Gasteiger partial charge in [-0.25, -0.2) is 0 Å². The molecule has 19 heavy (non-hydrogen) atoms. The van der Waals surface area contributed by atoms with Crippen LogP contribution in [0.1, 0.15) is 53.4 Å². The van der Waals surface area contributed by atoms with Gasteiger partial charge in [-0.2, -0.15) is 8.42 Å². The van der Waals surface area contributed by atoms with E-state index < -0.39 is 15.5 Å². The third-order valence-corrected chi connectivity index (χ3v) is 6.92. The second-order valence-corrected chi connectivity index (χ2v) is 8.28. The maximum atomic E-state index is 12.3. The number of hydrogen-bond acceptors (Lipinski definition) is 4. The normalized spacial score (nSPS) is 34.7. The van der Waals surface area contributed by atoms with Gasteiger partial charge in [-0.1, -0.05) is 20.8 Å². The highest BCUT2D eigenvalue weighted by molar-refractivity contribution is 7.86. The lowest BCUT2D eigenvalue weighted by Crippen LogP contribution is -2.43. The van der Waals surface area contributed by atoms with Crippen LogP contribution < -0.4 is 0 Å². The molecule has 4 nitrogen and oxygen atoms in total. The van der Waals surface area contributed by atoms with Crippen molar-refractivity contribution in [2.45, 2.75) is 59.5 Å². The number of Topliss-reactive ketones (excluding diaryl/α,β-unsaturated/α-hetero) is 1. The molecule has 2 rings (SSSR count). The molecule has 0 saturated heterocycles. The lowest BCUT2D eigenvalue weighted by Gasteiger charge is -2.36. The van der Waals surface area contributed by atoms with E-state index in [2.05, 4.69) is 0 Å². The lowest BCUT2D eigenvalue weighted by molar-refractivity contribution is -0.128. The Labute approximate surface area is 116 Å². The first-order chi connectivity index (χ1) is 8.64. The van der Waals surface area contributed by atoms with Crippen molar-refractivity contribution in [3.05, 3.63) is 0 Å². The van der Waals surface area contributed by atoms with E-state index in [4.69, 9.17) is 4.18 Å². The molecule has 2 fully saturated rings. The van der Waals surface area contributed by atoms with Crippen LogP contribution in [0.5, 0.6) is 0 Å². The van der Waals surface area contributed by atoms with Crippen LogP contribution in [0.25, 0.3) is 0 Å². The van der Waals surface area contributed by atoms with Crippen molar-refractivity contribution in [2.24, 2.45) is 16.7 Å². The molecular formula is C14H24O4S. The standard InChI is InChI=1S/C14H24O4S/c1-5-10(2)18-19(16,17)9-14-7-6-11(8-12(14)15)13(14,3)4/h10-11H,5-9H2,1-4H3/t10?,11?,14-/m0/s1. The SMILES string of the molecule is CCC(C)OS(=O)(=O)C[C@@]12CCC(CC1=O)C2(C)C. The Hall–Kier alpha value is -0.420. The third-order valence-electron chi connectivity index (χ3n) is 5.45. The molecule has 0 N–H and O–H groups in total. The number of hydrogen-bond donors (Lipinski definition) is 0. The maximum absolute atomic E-state index is 12.3. The summed E-state index contributed by atoms with van der Waals surface area (Å²) in [7, 11) is -3.64. The van der Waals surface area contributed by atoms with Crippen LogP contribution in [-0.4, -0.2) is 26.1 Å². The monoisotopic (exact) mass is 288 g/mol. The van der Waals surface area contributed by atoms with E-state index in [1.165, 1.54) is 0 Å². The zero-order valence-electron chi connectivity index (χ0n) is 12.2. The van der Waals surface area contributed by atoms with Crippen LogP contribution in [-0.2, 0) is 19.1 Å². The summed E-state index contributed by atoms with van der Waals surface area (Å²) >= 11 is 0. The Morgan fingerprint density at radius 3 is 2.47 bits per heavy atom. The van der Waals surface area contributed by atoms with Crippen LogP contribution in [0, 0.1) is 16.7 Å². The van der Waals surface area contributed by atoms with Gasteiger partial charge in [0.05, 0.1) is 17.3 Å². The molecule has 2 unspecified atom stereocenters. The first-order valence-electron chi connectivity index (χ1n) is 7.09. The first kappa shape index (κ1) is 15.0. The van der Waals surface area contributed by atoms with Gasteiger partial charge in [-0.05, 0) is 37.5 Å². The van der Waals surface area contributed by atoms with Gasteiger partial charge in [0.2, 0.25) is 0 Å². The van der Waals surface area contributed by atoms with E-state index in [0.717, 1.165) is 6.42 Å². The van der Waals surface area contributed by atoms with Crippen LogP contribution in [0.15, 0.2) is 0 Å². The summed E-state index contributed by atoms with van der Waals surface area (Å²) in [6.45, 7) is 7.70. The van der Waals surface area contributed by atoms with Crippen LogP contribution in [0.3, 0.4) is 0 Å². The fourth-order valence-electron chi connectivity index (χ4n) is 3.76. The molecule has 0 aromatic rings. The predicted octanol–water partition coefficient (Wildman–Crippen LogP) is 2.53. The molecular weight excluding hydrogens is 264 g/mol. The lowest BCUT2D eigenvalue weighted by atomic mass is 9.70. The molecule has 0 radical (unpaired) electrons. The van der Waals surface area contributed by atoms with E-state index in [1.807, 2.05) is 20.8 Å². The Kier molecular flexibility index (Phi) is 3.59. The average molecular weight is 288 g/mol. The van der Waals surface area contributed by atoms with E-state index >= 15 is 0 Å². The summed E-state index contributed by atoms with van der Waals surface area (Å²) in [5.41, 5.74) is -0.945. The van der Waals surface area contributed by atoms with E-state index in [9.17, 15) is 13.2 Å². The summed E-state index contributed by atoms with van der Waals surface area (Å²) in [6.07, 6.45) is 2.50. The van der Waals surface area contributed by atoms with Crippen molar-refractivity contribution in [1.82, 2.24) is 0 Å². The number of rotatable bonds is 5. The van der Waals surface area contributed by atoms with E-state index in [0.29, 0.717) is 25.2 Å². The molecule has 2 saturated carbocycles. The number of ketones is 1. The van der Waals surface area contributed by atoms with Gasteiger partial charge in [0, 0.05) is 6.42 Å². The Morgan fingerprint density at radius 2 is 2.05 bits per heavy atom. The Balaban J connectivity index is 2.24. The average Bonchev–Trinajstić information content (AvgIpc) is 2.61. The van der Waals surface area contributed by atoms with Crippen LogP contribution in [0.4, 0.5) is 0 Å². The van der Waals surface area contributed by atoms with E-state index in [-0.39, 0.29) is 23.1 Å². The van der Waals surface area contributed by atoms with Crippen LogP contribution in [0.2, 0.25) is 0 Å². The van der Waals surface area contributed by atoms with Gasteiger partial charge in [-0.3, -0.25) is 8.98 Å². The smallest absolute Gasteiger partial charge is 0.268 e. The third kappa shape index (κ3) is 2.25. The second kappa shape index (κ2) is 4.55. The number of fused-ring (bicyclic) bond motifs is 2. The van der Waals surface area contributed by atoms with Gasteiger partial charge in [0.1, 0.15) is 5.78 Å². The molecule has 2 aliphatic rings. The molecule has 110 valence electrons. The minimum Gasteiger partial charge on any atom is -0.299 e. The van der Waals surface area contributed by atoms with Gasteiger partial charge < -0.3 is 0 Å². The highest BCUT2D eigenvalue weighted by Gasteiger charge is 2.65. The zero-order chi connectivity index (χ0) is 14.5. The summed E-state index contributed by atoms with van der Waals surface area (Å²) in [4.78, 5) is 12.3. The molecule has 0 amide bonds. The molecule has 5 heteroatoms. The predicted molar refractivity (Wildman–Crippen MR) is 73.2 cm³/mol. The van der Waals surface area contributed by atoms with Gasteiger partial charge in [0.25, 0.3) is 10.1 Å². The first-order valence-corrected chi connectivity index (χ1v) is 8.66. The zero-order valence-corrected chi connectivity index (χ0v) is 13.0. The molecule has 2 aliphatic carbocycles. The molecule has 3 atom stereocenters. The molecule has 0 aromatic heterocycles. The molecule has 0 spiro atoms. The Morgan fingerprint density at radius 1 is 1.42 bits per heavy atom. The van der Waals surface area contributed by atoms with Gasteiger partial charge in [-0.15, -0.1) is 0 Å². The molecule has 0 aromatic carbocycles. The second-order valence-electron chi connectivity index (χ2n) is 6.68. The number of carbonyl (C=O) groups is 1. The fourth-order valence-corrected chi connectivity index (χ4v) is 5.75. The summed E-state index contributed by atoms with van der Waals surface area (Å²) in [5, 5.41) is 0. The minimum absolute atomic E-state index is 0.116. The van der Waals surface area contributed by atoms with Crippen LogP contribution >= 0.6 is 0 Å². The van der Waals surface area contributed by atoms with Crippen molar-refractivity contribution < 1.29 is 17.4 Å². The quantitative estimate of drug-likeness (QED) is 0.729. The van der Waals surface area contributed by atoms with Crippen molar-refractivity contribution in [3.63, 3.8) is 0 Å². The van der Waals surface area contributed by atoms with Gasteiger partial charge >= 0.3 is 0 Å². The molecule has 2 bridgehead atoms.